The first-order valence-electron chi connectivity index (χ1n) is 9.19. The summed E-state index contributed by atoms with van der Waals surface area (Å²) < 4.78 is 43.9. The van der Waals surface area contributed by atoms with Gasteiger partial charge in [0.05, 0.1) is 11.5 Å². The van der Waals surface area contributed by atoms with Crippen molar-refractivity contribution in [1.82, 2.24) is 15.0 Å². The minimum atomic E-state index is -4.37. The Labute approximate surface area is 165 Å². The average molecular weight is 401 g/mol. The summed E-state index contributed by atoms with van der Waals surface area (Å²) in [6.45, 7) is 0.863. The Morgan fingerprint density at radius 3 is 2.34 bits per heavy atom. The summed E-state index contributed by atoms with van der Waals surface area (Å²) in [4.78, 5) is 17.5. The SMILES string of the molecule is O=CN1CC(c2ccc(C(F)(F)F)cc2)CC(c2nc(-c3ccccc3)no2)C1. The van der Waals surface area contributed by atoms with E-state index in [9.17, 15) is 18.0 Å². The molecule has 2 unspecified atom stereocenters. The Balaban J connectivity index is 1.56. The molecule has 1 aliphatic heterocycles. The molecule has 0 aliphatic carbocycles. The monoisotopic (exact) mass is 401 g/mol. The molecule has 0 radical (unpaired) electrons. The molecule has 1 fully saturated rings. The number of carbonyl (C=O) groups is 1. The molecular formula is C21H18F3N3O2. The standard InChI is InChI=1S/C21H18F3N3O2/c22-21(23,24)18-8-6-14(7-9-18)16-10-17(12-27(11-16)13-28)20-25-19(26-29-20)15-4-2-1-3-5-15/h1-9,13,16-17H,10-12H2. The van der Waals surface area contributed by atoms with Crippen molar-refractivity contribution >= 4 is 6.41 Å². The maximum absolute atomic E-state index is 12.8. The van der Waals surface area contributed by atoms with E-state index >= 15 is 0 Å². The first-order valence-corrected chi connectivity index (χ1v) is 9.19. The lowest BCUT2D eigenvalue weighted by molar-refractivity contribution is -0.137. The maximum Gasteiger partial charge on any atom is 0.416 e. The summed E-state index contributed by atoms with van der Waals surface area (Å²) in [5, 5.41) is 4.03. The largest absolute Gasteiger partial charge is 0.416 e. The number of aromatic nitrogens is 2. The zero-order valence-electron chi connectivity index (χ0n) is 15.3. The van der Waals surface area contributed by atoms with Crippen LogP contribution in [0.2, 0.25) is 0 Å². The number of piperidine rings is 1. The van der Waals surface area contributed by atoms with E-state index in [1.807, 2.05) is 30.3 Å². The van der Waals surface area contributed by atoms with Crippen LogP contribution in [-0.4, -0.2) is 34.5 Å². The molecule has 8 heteroatoms. The summed E-state index contributed by atoms with van der Waals surface area (Å²) in [7, 11) is 0. The lowest BCUT2D eigenvalue weighted by Crippen LogP contribution is -2.37. The van der Waals surface area contributed by atoms with Gasteiger partial charge in [-0.2, -0.15) is 18.2 Å². The summed E-state index contributed by atoms with van der Waals surface area (Å²) in [6, 6.07) is 14.5. The fourth-order valence-corrected chi connectivity index (χ4v) is 3.69. The van der Waals surface area contributed by atoms with Gasteiger partial charge in [-0.25, -0.2) is 0 Å². The molecule has 5 nitrogen and oxygen atoms in total. The number of hydrogen-bond acceptors (Lipinski definition) is 4. The molecule has 1 saturated heterocycles. The zero-order valence-corrected chi connectivity index (χ0v) is 15.3. The smallest absolute Gasteiger partial charge is 0.344 e. The summed E-state index contributed by atoms with van der Waals surface area (Å²) >= 11 is 0. The van der Waals surface area contributed by atoms with Gasteiger partial charge in [0.2, 0.25) is 18.1 Å². The maximum atomic E-state index is 12.8. The van der Waals surface area contributed by atoms with Gasteiger partial charge in [-0.05, 0) is 24.1 Å². The molecule has 4 rings (SSSR count). The Hall–Kier alpha value is -3.16. The third kappa shape index (κ3) is 4.16. The van der Waals surface area contributed by atoms with Gasteiger partial charge in [-0.1, -0.05) is 47.6 Å². The van der Waals surface area contributed by atoms with E-state index in [2.05, 4.69) is 10.1 Å². The fraction of sp³-hybridized carbons (Fsp3) is 0.286. The first kappa shape index (κ1) is 19.2. The normalized spacial score (nSPS) is 19.9. The van der Waals surface area contributed by atoms with Crippen LogP contribution in [0.15, 0.2) is 59.1 Å². The molecular weight excluding hydrogens is 383 g/mol. The molecule has 29 heavy (non-hydrogen) atoms. The fourth-order valence-electron chi connectivity index (χ4n) is 3.69. The molecule has 2 atom stereocenters. The predicted octanol–water partition coefficient (Wildman–Crippen LogP) is 4.48. The van der Waals surface area contributed by atoms with Gasteiger partial charge in [0, 0.05) is 24.6 Å². The second-order valence-electron chi connectivity index (χ2n) is 7.13. The van der Waals surface area contributed by atoms with E-state index in [0.717, 1.165) is 29.7 Å². The van der Waals surface area contributed by atoms with Crippen LogP contribution in [0.1, 0.15) is 35.3 Å². The molecule has 2 heterocycles. The number of carbonyl (C=O) groups excluding carboxylic acids is 1. The number of nitrogens with zero attached hydrogens (tertiary/aromatic N) is 3. The van der Waals surface area contributed by atoms with Crippen molar-refractivity contribution in [2.24, 2.45) is 0 Å². The number of hydrogen-bond donors (Lipinski definition) is 0. The third-order valence-corrected chi connectivity index (χ3v) is 5.16. The van der Waals surface area contributed by atoms with Crippen molar-refractivity contribution in [2.75, 3.05) is 13.1 Å². The molecule has 1 amide bonds. The van der Waals surface area contributed by atoms with Crippen LogP contribution in [0.3, 0.4) is 0 Å². The zero-order chi connectivity index (χ0) is 20.4. The van der Waals surface area contributed by atoms with Crippen molar-refractivity contribution in [2.45, 2.75) is 24.4 Å². The van der Waals surface area contributed by atoms with Crippen molar-refractivity contribution < 1.29 is 22.5 Å². The third-order valence-electron chi connectivity index (χ3n) is 5.16. The molecule has 1 aromatic heterocycles. The Morgan fingerprint density at radius 1 is 1.00 bits per heavy atom. The van der Waals surface area contributed by atoms with Crippen LogP contribution in [-0.2, 0) is 11.0 Å². The summed E-state index contributed by atoms with van der Waals surface area (Å²) in [6.07, 6.45) is -3.02. The Kier molecular flexibility index (Phi) is 5.08. The van der Waals surface area contributed by atoms with E-state index in [0.29, 0.717) is 31.2 Å². The number of rotatable bonds is 4. The number of benzene rings is 2. The van der Waals surface area contributed by atoms with Gasteiger partial charge in [-0.3, -0.25) is 4.79 Å². The van der Waals surface area contributed by atoms with Gasteiger partial charge < -0.3 is 9.42 Å². The van der Waals surface area contributed by atoms with E-state index in [1.165, 1.54) is 12.1 Å². The molecule has 0 spiro atoms. The number of likely N-dealkylation sites (tertiary alicyclic amines) is 1. The van der Waals surface area contributed by atoms with Gasteiger partial charge in [0.1, 0.15) is 0 Å². The second kappa shape index (κ2) is 7.69. The number of amides is 1. The van der Waals surface area contributed by atoms with Gasteiger partial charge in [-0.15, -0.1) is 0 Å². The van der Waals surface area contributed by atoms with Crippen molar-refractivity contribution in [3.63, 3.8) is 0 Å². The Morgan fingerprint density at radius 2 is 1.69 bits per heavy atom. The minimum Gasteiger partial charge on any atom is -0.344 e. The molecule has 3 aromatic rings. The van der Waals surface area contributed by atoms with Gasteiger partial charge in [0.15, 0.2) is 0 Å². The quantitative estimate of drug-likeness (QED) is 0.605. The second-order valence-corrected chi connectivity index (χ2v) is 7.13. The van der Waals surface area contributed by atoms with Gasteiger partial charge >= 0.3 is 6.18 Å². The molecule has 0 N–H and O–H groups in total. The molecule has 2 aromatic carbocycles. The van der Waals surface area contributed by atoms with Gasteiger partial charge in [0.25, 0.3) is 0 Å². The van der Waals surface area contributed by atoms with E-state index in [1.54, 1.807) is 4.90 Å². The van der Waals surface area contributed by atoms with Crippen LogP contribution in [0.25, 0.3) is 11.4 Å². The molecule has 0 saturated carbocycles. The lowest BCUT2D eigenvalue weighted by atomic mass is 9.84. The van der Waals surface area contributed by atoms with Crippen LogP contribution in [0.5, 0.6) is 0 Å². The lowest BCUT2D eigenvalue weighted by Gasteiger charge is -2.34. The van der Waals surface area contributed by atoms with Crippen LogP contribution >= 0.6 is 0 Å². The highest BCUT2D eigenvalue weighted by molar-refractivity contribution is 5.53. The molecule has 150 valence electrons. The topological polar surface area (TPSA) is 59.2 Å². The highest BCUT2D eigenvalue weighted by atomic mass is 19.4. The van der Waals surface area contributed by atoms with Crippen molar-refractivity contribution in [3.05, 3.63) is 71.6 Å². The summed E-state index contributed by atoms with van der Waals surface area (Å²) in [5.41, 5.74) is 0.882. The highest BCUT2D eigenvalue weighted by Crippen LogP contribution is 2.37. The molecule has 0 bridgehead atoms. The number of alkyl halides is 3. The summed E-state index contributed by atoms with van der Waals surface area (Å²) in [5.74, 6) is 0.585. The van der Waals surface area contributed by atoms with E-state index in [-0.39, 0.29) is 11.8 Å². The van der Waals surface area contributed by atoms with Crippen molar-refractivity contribution in [3.8, 4) is 11.4 Å². The predicted molar refractivity (Wildman–Crippen MR) is 98.9 cm³/mol. The highest BCUT2D eigenvalue weighted by Gasteiger charge is 2.34. The molecule has 1 aliphatic rings. The average Bonchev–Trinajstić information content (AvgIpc) is 3.24. The van der Waals surface area contributed by atoms with Crippen molar-refractivity contribution in [1.29, 1.82) is 0 Å². The van der Waals surface area contributed by atoms with Crippen LogP contribution in [0.4, 0.5) is 13.2 Å². The van der Waals surface area contributed by atoms with E-state index < -0.39 is 11.7 Å². The van der Waals surface area contributed by atoms with Crippen LogP contribution < -0.4 is 0 Å². The van der Waals surface area contributed by atoms with E-state index in [4.69, 9.17) is 4.52 Å². The Bertz CT molecular complexity index is 971. The van der Waals surface area contributed by atoms with Crippen LogP contribution in [0, 0.1) is 0 Å². The first-order chi connectivity index (χ1) is 13.9. The minimum absolute atomic E-state index is 0.117. The number of halogens is 3.